The van der Waals surface area contributed by atoms with E-state index in [2.05, 4.69) is 57.2 Å². The third-order valence-corrected chi connectivity index (χ3v) is 12.6. The van der Waals surface area contributed by atoms with E-state index in [1.165, 1.54) is 199 Å². The maximum atomic E-state index is 12.8. The van der Waals surface area contributed by atoms with Gasteiger partial charge in [-0.2, -0.15) is 0 Å². The molecule has 65 heavy (non-hydrogen) atoms. The summed E-state index contributed by atoms with van der Waals surface area (Å²) in [7, 11) is 0. The summed E-state index contributed by atoms with van der Waals surface area (Å²) in [5, 5.41) is 0. The smallest absolute Gasteiger partial charge is 0.306 e. The molecule has 0 amide bonds. The molecule has 0 saturated heterocycles. The third kappa shape index (κ3) is 52.5. The van der Waals surface area contributed by atoms with Crippen molar-refractivity contribution in [2.24, 2.45) is 0 Å². The maximum Gasteiger partial charge on any atom is 0.306 e. The first-order chi connectivity index (χ1) is 32.0. The monoisotopic (exact) mass is 913 g/mol. The van der Waals surface area contributed by atoms with Crippen molar-refractivity contribution in [3.63, 3.8) is 0 Å². The van der Waals surface area contributed by atoms with Crippen LogP contribution >= 0.6 is 0 Å². The molecule has 0 aliphatic carbocycles. The molecule has 1 unspecified atom stereocenters. The van der Waals surface area contributed by atoms with Crippen LogP contribution in [0.4, 0.5) is 0 Å². The van der Waals surface area contributed by atoms with Gasteiger partial charge in [-0.1, -0.05) is 231 Å². The zero-order valence-electron chi connectivity index (χ0n) is 43.5. The van der Waals surface area contributed by atoms with Gasteiger partial charge >= 0.3 is 17.9 Å². The number of hydrogen-bond donors (Lipinski definition) is 0. The van der Waals surface area contributed by atoms with Crippen molar-refractivity contribution in [2.45, 2.75) is 309 Å². The van der Waals surface area contributed by atoms with E-state index >= 15 is 0 Å². The van der Waals surface area contributed by atoms with Gasteiger partial charge in [0.05, 0.1) is 0 Å². The molecule has 0 aromatic heterocycles. The number of rotatable bonds is 52. The molecule has 0 radical (unpaired) electrons. The van der Waals surface area contributed by atoms with E-state index < -0.39 is 6.10 Å². The molecule has 380 valence electrons. The zero-order chi connectivity index (χ0) is 47.2. The highest BCUT2D eigenvalue weighted by Crippen LogP contribution is 2.15. The van der Waals surface area contributed by atoms with Crippen LogP contribution in [-0.4, -0.2) is 37.2 Å². The van der Waals surface area contributed by atoms with Crippen LogP contribution in [0.5, 0.6) is 0 Å². The van der Waals surface area contributed by atoms with Crippen molar-refractivity contribution in [1.29, 1.82) is 0 Å². The Morgan fingerprint density at radius 2 is 0.523 bits per heavy atom. The van der Waals surface area contributed by atoms with Crippen LogP contribution in [0.25, 0.3) is 0 Å². The van der Waals surface area contributed by atoms with Crippen molar-refractivity contribution in [1.82, 2.24) is 0 Å². The summed E-state index contributed by atoms with van der Waals surface area (Å²) in [6.07, 6.45) is 64.2. The Kier molecular flexibility index (Phi) is 52.3. The van der Waals surface area contributed by atoms with E-state index in [0.717, 1.165) is 64.2 Å². The molecule has 0 aliphatic rings. The topological polar surface area (TPSA) is 78.9 Å². The lowest BCUT2D eigenvalue weighted by Crippen LogP contribution is -2.30. The van der Waals surface area contributed by atoms with Crippen LogP contribution in [0.15, 0.2) is 36.5 Å². The molecule has 0 N–H and O–H groups in total. The average molecular weight is 914 g/mol. The fourth-order valence-electron chi connectivity index (χ4n) is 8.24. The molecule has 0 aromatic carbocycles. The molecule has 0 aromatic rings. The van der Waals surface area contributed by atoms with E-state index in [1.807, 2.05) is 0 Å². The average Bonchev–Trinajstić information content (AvgIpc) is 3.30. The minimum absolute atomic E-state index is 0.0768. The normalized spacial score (nSPS) is 12.2. The lowest BCUT2D eigenvalue weighted by atomic mass is 10.1. The molecule has 0 bridgehead atoms. The van der Waals surface area contributed by atoms with Gasteiger partial charge in [0.15, 0.2) is 6.10 Å². The summed E-state index contributed by atoms with van der Waals surface area (Å²) in [5.74, 6) is -0.882. The van der Waals surface area contributed by atoms with Gasteiger partial charge in [0.25, 0.3) is 0 Å². The van der Waals surface area contributed by atoms with Gasteiger partial charge in [0.2, 0.25) is 0 Å². The van der Waals surface area contributed by atoms with Gasteiger partial charge in [0.1, 0.15) is 13.2 Å². The minimum atomic E-state index is -0.777. The summed E-state index contributed by atoms with van der Waals surface area (Å²) in [5.41, 5.74) is 0. The first kappa shape index (κ1) is 62.6. The number of unbranched alkanes of at least 4 members (excludes halogenated alkanes) is 35. The predicted octanol–water partition coefficient (Wildman–Crippen LogP) is 18.9. The Morgan fingerprint density at radius 1 is 0.292 bits per heavy atom. The fraction of sp³-hybridized carbons (Fsp3) is 0.847. The second-order valence-corrected chi connectivity index (χ2v) is 19.2. The van der Waals surface area contributed by atoms with Crippen molar-refractivity contribution < 1.29 is 28.6 Å². The SMILES string of the molecule is CCCC/C=C\CCCCCCCC(=O)OCC(COC(=O)CCCCCCCCC/C=C\CCCCCCCCC)OC(=O)CCCCCCCCC/C=C\CCCCCCCCC. The maximum absolute atomic E-state index is 12.8. The molecular weight excluding hydrogens is 805 g/mol. The number of allylic oxidation sites excluding steroid dienone is 6. The van der Waals surface area contributed by atoms with Crippen LogP contribution in [0.3, 0.4) is 0 Å². The molecule has 1 atom stereocenters. The van der Waals surface area contributed by atoms with Gasteiger partial charge < -0.3 is 14.2 Å². The second-order valence-electron chi connectivity index (χ2n) is 19.2. The van der Waals surface area contributed by atoms with Crippen LogP contribution in [0, 0.1) is 0 Å². The molecule has 6 nitrogen and oxygen atoms in total. The van der Waals surface area contributed by atoms with Crippen LogP contribution in [0.1, 0.15) is 303 Å². The second kappa shape index (κ2) is 54.2. The largest absolute Gasteiger partial charge is 0.462 e. The van der Waals surface area contributed by atoms with Crippen molar-refractivity contribution in [3.05, 3.63) is 36.5 Å². The predicted molar refractivity (Wildman–Crippen MR) is 279 cm³/mol. The van der Waals surface area contributed by atoms with Crippen LogP contribution < -0.4 is 0 Å². The standard InChI is InChI=1S/C59H108O6/c1-4-7-10-13-16-19-22-24-26-28-30-32-34-37-40-43-46-49-52-58(61)64-55-56(54-63-57(60)51-48-45-42-39-36-21-18-15-12-9-6-3)65-59(62)53-50-47-44-41-38-35-33-31-29-27-25-23-20-17-14-11-8-5-2/h15,18,26-29,56H,4-14,16-17,19-25,30-55H2,1-3H3/b18-15-,28-26-,29-27-. The highest BCUT2D eigenvalue weighted by molar-refractivity contribution is 5.71. The lowest BCUT2D eigenvalue weighted by molar-refractivity contribution is -0.167. The molecular formula is C59H108O6. The Balaban J connectivity index is 4.32. The Labute approximate surface area is 404 Å². The zero-order valence-corrected chi connectivity index (χ0v) is 43.5. The summed E-state index contributed by atoms with van der Waals surface area (Å²) in [6.45, 7) is 6.61. The summed E-state index contributed by atoms with van der Waals surface area (Å²) < 4.78 is 16.8. The lowest BCUT2D eigenvalue weighted by Gasteiger charge is -2.18. The minimum Gasteiger partial charge on any atom is -0.462 e. The molecule has 6 heteroatoms. The van der Waals surface area contributed by atoms with Gasteiger partial charge in [-0.15, -0.1) is 0 Å². The Bertz CT molecular complexity index is 1090. The number of hydrogen-bond acceptors (Lipinski definition) is 6. The van der Waals surface area contributed by atoms with E-state index in [0.29, 0.717) is 19.3 Å². The first-order valence-corrected chi connectivity index (χ1v) is 28.5. The third-order valence-electron chi connectivity index (χ3n) is 12.6. The molecule has 0 saturated carbocycles. The Hall–Kier alpha value is -2.37. The van der Waals surface area contributed by atoms with Gasteiger partial charge in [-0.05, 0) is 89.9 Å². The molecule has 0 spiro atoms. The molecule has 0 aliphatic heterocycles. The van der Waals surface area contributed by atoms with E-state index in [9.17, 15) is 14.4 Å². The molecule has 0 rings (SSSR count). The number of ether oxygens (including phenoxy) is 3. The number of esters is 3. The van der Waals surface area contributed by atoms with E-state index in [4.69, 9.17) is 14.2 Å². The van der Waals surface area contributed by atoms with E-state index in [1.54, 1.807) is 0 Å². The van der Waals surface area contributed by atoms with Crippen LogP contribution in [0.2, 0.25) is 0 Å². The molecule has 0 heterocycles. The van der Waals surface area contributed by atoms with Gasteiger partial charge in [0, 0.05) is 19.3 Å². The van der Waals surface area contributed by atoms with Crippen molar-refractivity contribution >= 4 is 17.9 Å². The Morgan fingerprint density at radius 3 is 0.815 bits per heavy atom. The summed E-state index contributed by atoms with van der Waals surface area (Å²) in [6, 6.07) is 0. The van der Waals surface area contributed by atoms with E-state index in [-0.39, 0.29) is 31.1 Å². The van der Waals surface area contributed by atoms with Crippen molar-refractivity contribution in [2.75, 3.05) is 13.2 Å². The van der Waals surface area contributed by atoms with Crippen LogP contribution in [-0.2, 0) is 28.6 Å². The quantitative estimate of drug-likeness (QED) is 0.0262. The number of carbonyl (C=O) groups excluding carboxylic acids is 3. The fourth-order valence-corrected chi connectivity index (χ4v) is 8.24. The highest BCUT2D eigenvalue weighted by Gasteiger charge is 2.19. The van der Waals surface area contributed by atoms with Gasteiger partial charge in [-0.3, -0.25) is 14.4 Å². The van der Waals surface area contributed by atoms with Gasteiger partial charge in [-0.25, -0.2) is 0 Å². The summed E-state index contributed by atoms with van der Waals surface area (Å²) in [4.78, 5) is 38.1. The first-order valence-electron chi connectivity index (χ1n) is 28.5. The van der Waals surface area contributed by atoms with Crippen molar-refractivity contribution in [3.8, 4) is 0 Å². The highest BCUT2D eigenvalue weighted by atomic mass is 16.6. The molecule has 0 fully saturated rings. The number of carbonyl (C=O) groups is 3. The summed E-state index contributed by atoms with van der Waals surface area (Å²) >= 11 is 0.